The zero-order valence-corrected chi connectivity index (χ0v) is 9.87. The van der Waals surface area contributed by atoms with Gasteiger partial charge >= 0.3 is 5.97 Å². The summed E-state index contributed by atoms with van der Waals surface area (Å²) in [6.45, 7) is 0. The molecule has 1 aromatic heterocycles. The molecule has 0 aliphatic heterocycles. The molecule has 4 nitrogen and oxygen atoms in total. The largest absolute Gasteiger partial charge is 0.481 e. The normalized spacial score (nSPS) is 12.8. The van der Waals surface area contributed by atoms with Crippen LogP contribution in [0.2, 0.25) is 5.02 Å². The Morgan fingerprint density at radius 2 is 2.29 bits per heavy atom. The highest BCUT2D eigenvalue weighted by atomic mass is 35.5. The Balaban J connectivity index is 2.21. The third-order valence-electron chi connectivity index (χ3n) is 2.75. The van der Waals surface area contributed by atoms with Crippen molar-refractivity contribution in [3.05, 3.63) is 35.0 Å². The fourth-order valence-electron chi connectivity index (χ4n) is 1.78. The van der Waals surface area contributed by atoms with Crippen LogP contribution in [-0.2, 0) is 4.79 Å². The van der Waals surface area contributed by atoms with Gasteiger partial charge in [0.25, 0.3) is 0 Å². The van der Waals surface area contributed by atoms with Gasteiger partial charge in [-0.05, 0) is 18.1 Å². The highest BCUT2D eigenvalue weighted by Gasteiger charge is 2.10. The van der Waals surface area contributed by atoms with Crippen molar-refractivity contribution in [3.63, 3.8) is 0 Å². The second-order valence-corrected chi connectivity index (χ2v) is 4.39. The van der Waals surface area contributed by atoms with E-state index in [1.165, 1.54) is 0 Å². The summed E-state index contributed by atoms with van der Waals surface area (Å²) < 4.78 is 0. The minimum absolute atomic E-state index is 0.0741. The smallest absolute Gasteiger partial charge is 0.303 e. The minimum atomic E-state index is -0.829. The Morgan fingerprint density at radius 3 is 3.00 bits per heavy atom. The Kier molecular flexibility index (Phi) is 3.36. The number of nitrogens with two attached hydrogens (primary N) is 1. The molecule has 0 radical (unpaired) electrons. The van der Waals surface area contributed by atoms with Crippen LogP contribution in [0.5, 0.6) is 0 Å². The van der Waals surface area contributed by atoms with E-state index in [0.29, 0.717) is 11.4 Å². The SMILES string of the molecule is NC(CCC(=O)O)c1ccc2c(Cl)c[nH]c2c1. The first kappa shape index (κ1) is 12.0. The van der Waals surface area contributed by atoms with Crippen molar-refractivity contribution in [2.45, 2.75) is 18.9 Å². The van der Waals surface area contributed by atoms with E-state index in [1.54, 1.807) is 6.20 Å². The number of H-pyrrole nitrogens is 1. The zero-order valence-electron chi connectivity index (χ0n) is 9.11. The van der Waals surface area contributed by atoms with Gasteiger partial charge in [0.05, 0.1) is 5.02 Å². The summed E-state index contributed by atoms with van der Waals surface area (Å²) in [4.78, 5) is 13.5. The standard InChI is InChI=1S/C12H13ClN2O2/c13-9-6-15-11-5-7(1-2-8(9)11)10(14)3-4-12(16)17/h1-2,5-6,10,15H,3-4,14H2,(H,16,17). The van der Waals surface area contributed by atoms with Crippen molar-refractivity contribution in [1.82, 2.24) is 4.98 Å². The lowest BCUT2D eigenvalue weighted by molar-refractivity contribution is -0.137. The monoisotopic (exact) mass is 252 g/mol. The van der Waals surface area contributed by atoms with Gasteiger partial charge in [-0.1, -0.05) is 23.7 Å². The van der Waals surface area contributed by atoms with Crippen molar-refractivity contribution in [1.29, 1.82) is 0 Å². The van der Waals surface area contributed by atoms with Crippen LogP contribution in [-0.4, -0.2) is 16.1 Å². The van der Waals surface area contributed by atoms with Crippen molar-refractivity contribution in [3.8, 4) is 0 Å². The minimum Gasteiger partial charge on any atom is -0.481 e. The number of aromatic amines is 1. The van der Waals surface area contributed by atoms with Crippen LogP contribution < -0.4 is 5.73 Å². The number of carbonyl (C=O) groups is 1. The third-order valence-corrected chi connectivity index (χ3v) is 3.07. The number of halogens is 1. The molecule has 17 heavy (non-hydrogen) atoms. The van der Waals surface area contributed by atoms with Crippen molar-refractivity contribution in [2.24, 2.45) is 5.73 Å². The predicted molar refractivity (Wildman–Crippen MR) is 67.1 cm³/mol. The van der Waals surface area contributed by atoms with Gasteiger partial charge in [0.1, 0.15) is 0 Å². The molecule has 5 heteroatoms. The van der Waals surface area contributed by atoms with Gasteiger partial charge in [-0.3, -0.25) is 4.79 Å². The summed E-state index contributed by atoms with van der Waals surface area (Å²) in [5, 5.41) is 10.2. The summed E-state index contributed by atoms with van der Waals surface area (Å²) in [7, 11) is 0. The Morgan fingerprint density at radius 1 is 1.53 bits per heavy atom. The van der Waals surface area contributed by atoms with Crippen molar-refractivity contribution in [2.75, 3.05) is 0 Å². The number of carboxylic acid groups (broad SMARTS) is 1. The molecule has 90 valence electrons. The molecule has 1 aromatic carbocycles. The van der Waals surface area contributed by atoms with Gasteiger partial charge in [0, 0.05) is 29.6 Å². The molecule has 4 N–H and O–H groups in total. The summed E-state index contributed by atoms with van der Waals surface area (Å²) in [5.74, 6) is -0.829. The average molecular weight is 253 g/mol. The van der Waals surface area contributed by atoms with Crippen LogP contribution in [0.25, 0.3) is 10.9 Å². The first-order chi connectivity index (χ1) is 8.08. The van der Waals surface area contributed by atoms with E-state index in [-0.39, 0.29) is 12.5 Å². The first-order valence-corrected chi connectivity index (χ1v) is 5.69. The number of nitrogens with one attached hydrogen (secondary N) is 1. The van der Waals surface area contributed by atoms with Gasteiger partial charge in [0.15, 0.2) is 0 Å². The number of carboxylic acids is 1. The number of aromatic nitrogens is 1. The second kappa shape index (κ2) is 4.77. The molecule has 1 atom stereocenters. The van der Waals surface area contributed by atoms with Gasteiger partial charge in [0.2, 0.25) is 0 Å². The average Bonchev–Trinajstić information content (AvgIpc) is 2.67. The summed E-state index contributed by atoms with van der Waals surface area (Å²) in [5.41, 5.74) is 7.76. The molecule has 1 unspecified atom stereocenters. The number of hydrogen-bond donors (Lipinski definition) is 3. The Bertz CT molecular complexity index is 550. The maximum absolute atomic E-state index is 10.5. The highest BCUT2D eigenvalue weighted by molar-refractivity contribution is 6.35. The molecule has 0 bridgehead atoms. The molecule has 0 saturated heterocycles. The van der Waals surface area contributed by atoms with E-state index < -0.39 is 5.97 Å². The van der Waals surface area contributed by atoms with Crippen LogP contribution in [0.3, 0.4) is 0 Å². The van der Waals surface area contributed by atoms with Gasteiger partial charge in [-0.25, -0.2) is 0 Å². The van der Waals surface area contributed by atoms with Gasteiger partial charge in [-0.2, -0.15) is 0 Å². The first-order valence-electron chi connectivity index (χ1n) is 5.32. The molecule has 1 heterocycles. The zero-order chi connectivity index (χ0) is 12.4. The fourth-order valence-corrected chi connectivity index (χ4v) is 2.00. The number of benzene rings is 1. The van der Waals surface area contributed by atoms with E-state index in [9.17, 15) is 4.79 Å². The lowest BCUT2D eigenvalue weighted by Crippen LogP contribution is -2.12. The topological polar surface area (TPSA) is 79.1 Å². The summed E-state index contributed by atoms with van der Waals surface area (Å²) in [6.07, 6.45) is 2.22. The number of aliphatic carboxylic acids is 1. The predicted octanol–water partition coefficient (Wildman–Crippen LogP) is 2.69. The van der Waals surface area contributed by atoms with Crippen LogP contribution in [0.4, 0.5) is 0 Å². The number of fused-ring (bicyclic) bond motifs is 1. The van der Waals surface area contributed by atoms with E-state index >= 15 is 0 Å². The highest BCUT2D eigenvalue weighted by Crippen LogP contribution is 2.26. The lowest BCUT2D eigenvalue weighted by atomic mass is 10.0. The van der Waals surface area contributed by atoms with Crippen molar-refractivity contribution >= 4 is 28.5 Å². The van der Waals surface area contributed by atoms with E-state index in [2.05, 4.69) is 4.98 Å². The third kappa shape index (κ3) is 2.60. The maximum Gasteiger partial charge on any atom is 0.303 e. The Hall–Kier alpha value is -1.52. The number of rotatable bonds is 4. The van der Waals surface area contributed by atoms with Crippen molar-refractivity contribution < 1.29 is 9.90 Å². The molecule has 0 aliphatic carbocycles. The van der Waals surface area contributed by atoms with Crippen LogP contribution >= 0.6 is 11.6 Å². The molecular formula is C12H13ClN2O2. The molecule has 2 aromatic rings. The maximum atomic E-state index is 10.5. The van der Waals surface area contributed by atoms with Gasteiger partial charge in [-0.15, -0.1) is 0 Å². The Labute approximate surface area is 103 Å². The molecule has 2 rings (SSSR count). The molecule has 0 saturated carbocycles. The van der Waals surface area contributed by atoms with Gasteiger partial charge < -0.3 is 15.8 Å². The molecular weight excluding hydrogens is 240 g/mol. The summed E-state index contributed by atoms with van der Waals surface area (Å²) >= 11 is 5.97. The van der Waals surface area contributed by atoms with Crippen LogP contribution in [0.1, 0.15) is 24.4 Å². The van der Waals surface area contributed by atoms with E-state index in [1.807, 2.05) is 18.2 Å². The molecule has 0 amide bonds. The second-order valence-electron chi connectivity index (χ2n) is 3.98. The number of hydrogen-bond acceptors (Lipinski definition) is 2. The molecule has 0 spiro atoms. The van der Waals surface area contributed by atoms with Crippen LogP contribution in [0.15, 0.2) is 24.4 Å². The fraction of sp³-hybridized carbons (Fsp3) is 0.250. The van der Waals surface area contributed by atoms with Crippen LogP contribution in [0, 0.1) is 0 Å². The quantitative estimate of drug-likeness (QED) is 0.783. The molecule has 0 aliphatic rings. The van der Waals surface area contributed by atoms with E-state index in [4.69, 9.17) is 22.4 Å². The lowest BCUT2D eigenvalue weighted by Gasteiger charge is -2.10. The molecule has 0 fully saturated rings. The summed E-state index contributed by atoms with van der Waals surface area (Å²) in [6, 6.07) is 5.42. The van der Waals surface area contributed by atoms with E-state index in [0.717, 1.165) is 16.5 Å².